The molecular weight excluding hydrogens is 282 g/mol. The summed E-state index contributed by atoms with van der Waals surface area (Å²) in [5.41, 5.74) is 1.78. The van der Waals surface area contributed by atoms with E-state index in [0.717, 1.165) is 44.6 Å². The van der Waals surface area contributed by atoms with Gasteiger partial charge in [0.05, 0.1) is 0 Å². The fourth-order valence-electron chi connectivity index (χ4n) is 3.30. The third kappa shape index (κ3) is 2.97. The molecule has 2 nitrogen and oxygen atoms in total. The van der Waals surface area contributed by atoms with Crippen LogP contribution in [-0.2, 0) is 13.0 Å². The predicted octanol–water partition coefficient (Wildman–Crippen LogP) is 2.74. The minimum absolute atomic E-state index is 0. The van der Waals surface area contributed by atoms with Gasteiger partial charge in [-0.2, -0.15) is 0 Å². The lowest BCUT2D eigenvalue weighted by Gasteiger charge is -2.35. The third-order valence-corrected chi connectivity index (χ3v) is 4.43. The molecular formula is C15H21ClF2N2. The zero-order valence-corrected chi connectivity index (χ0v) is 12.5. The largest absolute Gasteiger partial charge is 0.316 e. The SMILES string of the molecule is CC1(CN2CCc3ccc(F)c(F)c3C2)CCNC1.Cl. The quantitative estimate of drug-likeness (QED) is 0.904. The van der Waals surface area contributed by atoms with E-state index in [2.05, 4.69) is 17.1 Å². The molecule has 20 heavy (non-hydrogen) atoms. The summed E-state index contributed by atoms with van der Waals surface area (Å²) in [6.07, 6.45) is 1.97. The van der Waals surface area contributed by atoms with Gasteiger partial charge in [0.25, 0.3) is 0 Å². The number of nitrogens with one attached hydrogen (secondary N) is 1. The topological polar surface area (TPSA) is 15.3 Å². The second kappa shape index (κ2) is 5.96. The van der Waals surface area contributed by atoms with Gasteiger partial charge in [0.15, 0.2) is 11.6 Å². The van der Waals surface area contributed by atoms with Crippen LogP contribution in [0.3, 0.4) is 0 Å². The number of hydrogen-bond acceptors (Lipinski definition) is 2. The number of nitrogens with zero attached hydrogens (tertiary/aromatic N) is 1. The maximum Gasteiger partial charge on any atom is 0.163 e. The molecule has 0 aliphatic carbocycles. The van der Waals surface area contributed by atoms with Crippen LogP contribution < -0.4 is 5.32 Å². The van der Waals surface area contributed by atoms with Crippen molar-refractivity contribution in [3.63, 3.8) is 0 Å². The molecule has 3 rings (SSSR count). The van der Waals surface area contributed by atoms with Crippen LogP contribution in [0.15, 0.2) is 12.1 Å². The summed E-state index contributed by atoms with van der Waals surface area (Å²) >= 11 is 0. The van der Waals surface area contributed by atoms with Crippen LogP contribution >= 0.6 is 12.4 Å². The number of hydrogen-bond donors (Lipinski definition) is 1. The van der Waals surface area contributed by atoms with Crippen molar-refractivity contribution in [1.29, 1.82) is 0 Å². The van der Waals surface area contributed by atoms with Gasteiger partial charge in [0.1, 0.15) is 0 Å². The van der Waals surface area contributed by atoms with Crippen LogP contribution in [0.2, 0.25) is 0 Å². The number of benzene rings is 1. The van der Waals surface area contributed by atoms with Crippen molar-refractivity contribution in [1.82, 2.24) is 10.2 Å². The van der Waals surface area contributed by atoms with Gasteiger partial charge in [0.2, 0.25) is 0 Å². The van der Waals surface area contributed by atoms with Crippen molar-refractivity contribution < 1.29 is 8.78 Å². The van der Waals surface area contributed by atoms with Crippen molar-refractivity contribution in [2.24, 2.45) is 5.41 Å². The van der Waals surface area contributed by atoms with Crippen molar-refractivity contribution in [2.45, 2.75) is 26.3 Å². The Bertz CT molecular complexity index is 487. The third-order valence-electron chi connectivity index (χ3n) is 4.43. The molecule has 1 aromatic carbocycles. The lowest BCUT2D eigenvalue weighted by molar-refractivity contribution is 0.161. The van der Waals surface area contributed by atoms with Gasteiger partial charge in [-0.15, -0.1) is 12.4 Å². The summed E-state index contributed by atoms with van der Waals surface area (Å²) in [6.45, 7) is 6.77. The van der Waals surface area contributed by atoms with Crippen LogP contribution in [0.25, 0.3) is 0 Å². The second-order valence-electron chi connectivity index (χ2n) is 6.20. The maximum absolute atomic E-state index is 13.9. The highest BCUT2D eigenvalue weighted by molar-refractivity contribution is 5.85. The van der Waals surface area contributed by atoms with Gasteiger partial charge >= 0.3 is 0 Å². The molecule has 0 aromatic heterocycles. The molecule has 0 saturated carbocycles. The molecule has 1 fully saturated rings. The smallest absolute Gasteiger partial charge is 0.163 e. The minimum Gasteiger partial charge on any atom is -0.316 e. The van der Waals surface area contributed by atoms with Crippen LogP contribution in [0.4, 0.5) is 8.78 Å². The van der Waals surface area contributed by atoms with E-state index >= 15 is 0 Å². The Hall–Kier alpha value is -0.710. The highest BCUT2D eigenvalue weighted by Crippen LogP contribution is 2.29. The molecule has 5 heteroatoms. The van der Waals surface area contributed by atoms with Gasteiger partial charge in [0, 0.05) is 31.7 Å². The molecule has 0 spiro atoms. The minimum atomic E-state index is -0.727. The maximum atomic E-state index is 13.9. The zero-order valence-electron chi connectivity index (χ0n) is 11.7. The first-order valence-corrected chi connectivity index (χ1v) is 6.96. The highest BCUT2D eigenvalue weighted by atomic mass is 35.5. The van der Waals surface area contributed by atoms with Gasteiger partial charge < -0.3 is 5.32 Å². The first kappa shape index (κ1) is 15.7. The lowest BCUT2D eigenvalue weighted by Crippen LogP contribution is -2.40. The van der Waals surface area contributed by atoms with E-state index in [9.17, 15) is 8.78 Å². The van der Waals surface area contributed by atoms with E-state index in [1.807, 2.05) is 0 Å². The second-order valence-corrected chi connectivity index (χ2v) is 6.20. The summed E-state index contributed by atoms with van der Waals surface area (Å²) in [5, 5.41) is 3.38. The summed E-state index contributed by atoms with van der Waals surface area (Å²) in [4.78, 5) is 2.26. The molecule has 1 unspecified atom stereocenters. The predicted molar refractivity (Wildman–Crippen MR) is 78.2 cm³/mol. The van der Waals surface area contributed by atoms with E-state index in [1.165, 1.54) is 6.07 Å². The van der Waals surface area contributed by atoms with E-state index in [-0.39, 0.29) is 17.8 Å². The Kier molecular flexibility index (Phi) is 4.67. The molecule has 1 aromatic rings. The molecule has 2 aliphatic heterocycles. The molecule has 1 saturated heterocycles. The Morgan fingerprint density at radius 1 is 1.35 bits per heavy atom. The first-order chi connectivity index (χ1) is 9.07. The monoisotopic (exact) mass is 302 g/mol. The summed E-state index contributed by atoms with van der Waals surface area (Å²) in [5.74, 6) is -1.38. The Morgan fingerprint density at radius 2 is 2.15 bits per heavy atom. The Morgan fingerprint density at radius 3 is 2.85 bits per heavy atom. The highest BCUT2D eigenvalue weighted by Gasteiger charge is 2.32. The van der Waals surface area contributed by atoms with Gasteiger partial charge in [-0.1, -0.05) is 13.0 Å². The van der Waals surface area contributed by atoms with Gasteiger partial charge in [-0.05, 0) is 36.4 Å². The van der Waals surface area contributed by atoms with Crippen molar-refractivity contribution in [3.8, 4) is 0 Å². The zero-order chi connectivity index (χ0) is 13.5. The average Bonchev–Trinajstić information content (AvgIpc) is 2.81. The number of halogens is 3. The number of fused-ring (bicyclic) bond motifs is 1. The Labute approximate surface area is 124 Å². The normalized spacial score (nSPS) is 26.1. The van der Waals surface area contributed by atoms with E-state index in [1.54, 1.807) is 6.07 Å². The molecule has 1 N–H and O–H groups in total. The Balaban J connectivity index is 0.00000147. The van der Waals surface area contributed by atoms with Crippen LogP contribution in [0.1, 0.15) is 24.5 Å². The van der Waals surface area contributed by atoms with Crippen molar-refractivity contribution in [2.75, 3.05) is 26.2 Å². The standard InChI is InChI=1S/C15H20F2N2.ClH/c1-15(5-6-18-9-15)10-19-7-4-11-2-3-13(16)14(17)12(11)8-19;/h2-3,18H,4-10H2,1H3;1H. The fraction of sp³-hybridized carbons (Fsp3) is 0.600. The summed E-state index contributed by atoms with van der Waals surface area (Å²) < 4.78 is 27.2. The molecule has 0 amide bonds. The average molecular weight is 303 g/mol. The lowest BCUT2D eigenvalue weighted by atomic mass is 9.88. The molecule has 1 atom stereocenters. The molecule has 112 valence electrons. The summed E-state index contributed by atoms with van der Waals surface area (Å²) in [6, 6.07) is 2.97. The summed E-state index contributed by atoms with van der Waals surface area (Å²) in [7, 11) is 0. The van der Waals surface area contributed by atoms with E-state index < -0.39 is 11.6 Å². The van der Waals surface area contributed by atoms with Gasteiger partial charge in [-0.3, -0.25) is 4.90 Å². The van der Waals surface area contributed by atoms with Crippen molar-refractivity contribution in [3.05, 3.63) is 34.9 Å². The van der Waals surface area contributed by atoms with Crippen LogP contribution in [-0.4, -0.2) is 31.1 Å². The van der Waals surface area contributed by atoms with Gasteiger partial charge in [-0.25, -0.2) is 8.78 Å². The molecule has 0 radical (unpaired) electrons. The fourth-order valence-corrected chi connectivity index (χ4v) is 3.30. The van der Waals surface area contributed by atoms with Crippen molar-refractivity contribution >= 4 is 12.4 Å². The van der Waals surface area contributed by atoms with E-state index in [4.69, 9.17) is 0 Å². The van der Waals surface area contributed by atoms with E-state index in [0.29, 0.717) is 12.1 Å². The van der Waals surface area contributed by atoms with Crippen LogP contribution in [0, 0.1) is 17.0 Å². The molecule has 0 bridgehead atoms. The van der Waals surface area contributed by atoms with Crippen LogP contribution in [0.5, 0.6) is 0 Å². The number of rotatable bonds is 2. The first-order valence-electron chi connectivity index (χ1n) is 6.96. The molecule has 2 aliphatic rings. The molecule has 2 heterocycles.